The summed E-state index contributed by atoms with van der Waals surface area (Å²) in [6.07, 6.45) is 15.6. The van der Waals surface area contributed by atoms with Crippen LogP contribution in [0.3, 0.4) is 0 Å². The maximum Gasteiger partial charge on any atom is 0.151 e. The van der Waals surface area contributed by atoms with Gasteiger partial charge in [0.15, 0.2) is 6.29 Å². The highest BCUT2D eigenvalue weighted by Gasteiger charge is 1.97. The fourth-order valence-corrected chi connectivity index (χ4v) is 2.48. The third kappa shape index (κ3) is 17.8. The quantitative estimate of drug-likeness (QED) is 0.198. The lowest BCUT2D eigenvalue weighted by Gasteiger charge is -2.04. The Bertz CT molecular complexity index is 177. The Morgan fingerprint density at radius 3 is 1.25 bits per heavy atom. The molecule has 0 aliphatic heterocycles. The third-order valence-electron chi connectivity index (χ3n) is 3.75. The molecule has 0 radical (unpaired) electrons. The van der Waals surface area contributed by atoms with E-state index in [-0.39, 0.29) is 0 Å². The van der Waals surface area contributed by atoms with E-state index in [0.717, 1.165) is 25.8 Å². The van der Waals surface area contributed by atoms with Crippen LogP contribution < -0.4 is 5.48 Å². The lowest BCUT2D eigenvalue weighted by Crippen LogP contribution is -2.07. The van der Waals surface area contributed by atoms with Gasteiger partial charge in [0.1, 0.15) is 0 Å². The predicted molar refractivity (Wildman–Crippen MR) is 82.7 cm³/mol. The molecule has 0 heterocycles. The zero-order valence-electron chi connectivity index (χ0n) is 13.0. The third-order valence-corrected chi connectivity index (χ3v) is 3.75. The van der Waals surface area contributed by atoms with Crippen molar-refractivity contribution >= 4 is 0 Å². The summed E-state index contributed by atoms with van der Waals surface area (Å²) in [6, 6.07) is 0. The van der Waals surface area contributed by atoms with Crippen LogP contribution in [0.25, 0.3) is 0 Å². The lowest BCUT2D eigenvalue weighted by atomic mass is 10.0. The molecule has 0 saturated heterocycles. The van der Waals surface area contributed by atoms with Gasteiger partial charge in [-0.05, 0) is 19.3 Å². The Morgan fingerprint density at radius 2 is 0.900 bits per heavy atom. The summed E-state index contributed by atoms with van der Waals surface area (Å²) in [5, 5.41) is 25.8. The largest absolute Gasteiger partial charge is 0.368 e. The second-order valence-corrected chi connectivity index (χ2v) is 5.77. The van der Waals surface area contributed by atoms with Crippen LogP contribution >= 0.6 is 0 Å². The number of aliphatic hydroxyl groups excluding tert-OH is 1. The van der Waals surface area contributed by atoms with E-state index in [9.17, 15) is 0 Å². The molecule has 4 nitrogen and oxygen atoms in total. The Hall–Kier alpha value is -0.160. The minimum Gasteiger partial charge on any atom is -0.368 e. The van der Waals surface area contributed by atoms with Crippen molar-refractivity contribution in [1.29, 1.82) is 0 Å². The Balaban J connectivity index is 2.92. The van der Waals surface area contributed by atoms with Crippen molar-refractivity contribution in [3.05, 3.63) is 0 Å². The van der Waals surface area contributed by atoms with Crippen molar-refractivity contribution in [3.8, 4) is 0 Å². The van der Waals surface area contributed by atoms with Gasteiger partial charge >= 0.3 is 0 Å². The van der Waals surface area contributed by atoms with Gasteiger partial charge in [0.25, 0.3) is 0 Å². The molecule has 0 rings (SSSR count). The summed E-state index contributed by atoms with van der Waals surface area (Å²) in [5.74, 6) is 0. The molecule has 122 valence electrons. The van der Waals surface area contributed by atoms with Crippen LogP contribution in [0.4, 0.5) is 0 Å². The maximum absolute atomic E-state index is 8.70. The van der Waals surface area contributed by atoms with Crippen molar-refractivity contribution in [2.75, 3.05) is 6.54 Å². The molecule has 0 aromatic heterocycles. The first-order valence-electron chi connectivity index (χ1n) is 8.50. The highest BCUT2D eigenvalue weighted by Crippen LogP contribution is 2.13. The zero-order chi connectivity index (χ0) is 14.9. The Morgan fingerprint density at radius 1 is 0.550 bits per heavy atom. The minimum atomic E-state index is -1.12. The van der Waals surface area contributed by atoms with E-state index < -0.39 is 6.29 Å². The SMILES string of the molecule is ONCCCCCCCCCCCCCCCC(O)O. The van der Waals surface area contributed by atoms with Crippen LogP contribution in [0.2, 0.25) is 0 Å². The van der Waals surface area contributed by atoms with Gasteiger partial charge in [-0.1, -0.05) is 70.6 Å². The minimum absolute atomic E-state index is 0.522. The van der Waals surface area contributed by atoms with Crippen molar-refractivity contribution in [3.63, 3.8) is 0 Å². The number of hydrogen-bond donors (Lipinski definition) is 4. The van der Waals surface area contributed by atoms with Crippen molar-refractivity contribution in [2.45, 2.75) is 96.2 Å². The van der Waals surface area contributed by atoms with Gasteiger partial charge in [0, 0.05) is 6.54 Å². The molecular weight excluding hydrogens is 254 g/mol. The molecule has 0 aromatic carbocycles. The van der Waals surface area contributed by atoms with Crippen LogP contribution in [-0.4, -0.2) is 28.3 Å². The van der Waals surface area contributed by atoms with E-state index in [1.54, 1.807) is 0 Å². The number of hydrogen-bond acceptors (Lipinski definition) is 4. The molecule has 4 heteroatoms. The monoisotopic (exact) mass is 289 g/mol. The van der Waals surface area contributed by atoms with E-state index in [1.165, 1.54) is 64.2 Å². The maximum atomic E-state index is 8.70. The molecule has 0 bridgehead atoms. The summed E-state index contributed by atoms with van der Waals surface area (Å²) in [5.41, 5.74) is 2.19. The van der Waals surface area contributed by atoms with Crippen LogP contribution in [-0.2, 0) is 0 Å². The molecule has 0 unspecified atom stereocenters. The number of aliphatic hydroxyl groups is 2. The highest BCUT2D eigenvalue weighted by atomic mass is 16.5. The van der Waals surface area contributed by atoms with Gasteiger partial charge in [-0.25, -0.2) is 5.48 Å². The van der Waals surface area contributed by atoms with Crippen LogP contribution in [0, 0.1) is 0 Å². The average Bonchev–Trinajstić information content (AvgIpc) is 2.43. The lowest BCUT2D eigenvalue weighted by molar-refractivity contribution is -0.0466. The van der Waals surface area contributed by atoms with E-state index in [1.807, 2.05) is 0 Å². The molecule has 0 saturated carbocycles. The Labute approximate surface area is 124 Å². The smallest absolute Gasteiger partial charge is 0.151 e. The van der Waals surface area contributed by atoms with Crippen LogP contribution in [0.5, 0.6) is 0 Å². The molecule has 0 aromatic rings. The first-order valence-corrected chi connectivity index (χ1v) is 8.50. The standard InChI is InChI=1S/C16H35NO3/c18-16(19)14-12-10-8-6-4-2-1-3-5-7-9-11-13-15-17-20/h16-20H,1-15H2. The van der Waals surface area contributed by atoms with E-state index in [4.69, 9.17) is 15.4 Å². The predicted octanol–water partition coefficient (Wildman–Crippen LogP) is 3.74. The zero-order valence-corrected chi connectivity index (χ0v) is 13.0. The first kappa shape index (κ1) is 19.8. The fraction of sp³-hybridized carbons (Fsp3) is 1.00. The van der Waals surface area contributed by atoms with Gasteiger partial charge in [0.2, 0.25) is 0 Å². The highest BCUT2D eigenvalue weighted by molar-refractivity contribution is 4.50. The molecule has 0 spiro atoms. The summed E-state index contributed by atoms with van der Waals surface area (Å²) in [4.78, 5) is 0. The number of unbranched alkanes of at least 4 members (excludes halogenated alkanes) is 12. The summed E-state index contributed by atoms with van der Waals surface area (Å²) >= 11 is 0. The van der Waals surface area contributed by atoms with Gasteiger partial charge in [-0.2, -0.15) is 0 Å². The van der Waals surface area contributed by atoms with Crippen molar-refractivity contribution < 1.29 is 15.4 Å². The number of nitrogens with one attached hydrogen (secondary N) is 1. The molecule has 0 fully saturated rings. The van der Waals surface area contributed by atoms with E-state index in [2.05, 4.69) is 5.48 Å². The van der Waals surface area contributed by atoms with Crippen LogP contribution in [0.1, 0.15) is 89.9 Å². The molecule has 4 N–H and O–H groups in total. The van der Waals surface area contributed by atoms with Crippen LogP contribution in [0.15, 0.2) is 0 Å². The number of rotatable bonds is 16. The van der Waals surface area contributed by atoms with E-state index >= 15 is 0 Å². The van der Waals surface area contributed by atoms with Gasteiger partial charge in [-0.15, -0.1) is 0 Å². The fourth-order valence-electron chi connectivity index (χ4n) is 2.48. The molecule has 20 heavy (non-hydrogen) atoms. The van der Waals surface area contributed by atoms with Gasteiger partial charge < -0.3 is 15.4 Å². The molecule has 0 atom stereocenters. The summed E-state index contributed by atoms with van der Waals surface area (Å²) < 4.78 is 0. The van der Waals surface area contributed by atoms with Gasteiger partial charge in [0.05, 0.1) is 0 Å². The molecular formula is C16H35NO3. The van der Waals surface area contributed by atoms with Crippen molar-refractivity contribution in [1.82, 2.24) is 5.48 Å². The van der Waals surface area contributed by atoms with Gasteiger partial charge in [-0.3, -0.25) is 0 Å². The average molecular weight is 289 g/mol. The first-order chi connectivity index (χ1) is 9.77. The Kier molecular flexibility index (Phi) is 16.8. The molecule has 0 aliphatic rings. The summed E-state index contributed by atoms with van der Waals surface area (Å²) in [6.45, 7) is 0.720. The molecule has 0 amide bonds. The second-order valence-electron chi connectivity index (χ2n) is 5.77. The molecule has 0 aliphatic carbocycles. The topological polar surface area (TPSA) is 72.7 Å². The number of hydroxylamine groups is 1. The van der Waals surface area contributed by atoms with E-state index in [0.29, 0.717) is 6.42 Å². The normalized spacial score (nSPS) is 11.4. The summed E-state index contributed by atoms with van der Waals surface area (Å²) in [7, 11) is 0. The van der Waals surface area contributed by atoms with Crippen molar-refractivity contribution in [2.24, 2.45) is 0 Å². The second kappa shape index (κ2) is 16.9.